The van der Waals surface area contributed by atoms with Crippen LogP contribution in [0.2, 0.25) is 0 Å². The molecule has 1 aromatic rings. The summed E-state index contributed by atoms with van der Waals surface area (Å²) >= 11 is 0. The van der Waals surface area contributed by atoms with Gasteiger partial charge in [-0.25, -0.2) is 0 Å². The van der Waals surface area contributed by atoms with Crippen LogP contribution in [0.4, 0.5) is 0 Å². The van der Waals surface area contributed by atoms with Gasteiger partial charge in [0.15, 0.2) is 0 Å². The summed E-state index contributed by atoms with van der Waals surface area (Å²) < 4.78 is 0. The lowest BCUT2D eigenvalue weighted by atomic mass is 9.95. The normalized spacial score (nSPS) is 16.9. The number of hydrogen-bond donors (Lipinski definition) is 1. The molecule has 0 aromatic heterocycles. The zero-order valence-corrected chi connectivity index (χ0v) is 16.8. The van der Waals surface area contributed by atoms with Crippen LogP contribution in [0.1, 0.15) is 45.2 Å². The highest BCUT2D eigenvalue weighted by atomic mass is 16.2. The molecule has 146 valence electrons. The van der Waals surface area contributed by atoms with E-state index in [4.69, 9.17) is 5.26 Å². The van der Waals surface area contributed by atoms with Crippen LogP contribution >= 0.6 is 0 Å². The topological polar surface area (TPSA) is 76.4 Å². The number of nitriles is 1. The van der Waals surface area contributed by atoms with E-state index in [0.29, 0.717) is 18.7 Å². The molecule has 0 radical (unpaired) electrons. The maximum absolute atomic E-state index is 12.7. The highest BCUT2D eigenvalue weighted by Crippen LogP contribution is 2.14. The average molecular weight is 370 g/mol. The van der Waals surface area contributed by atoms with Gasteiger partial charge in [-0.1, -0.05) is 32.9 Å². The fourth-order valence-electron chi connectivity index (χ4n) is 3.04. The second kappa shape index (κ2) is 9.01. The van der Waals surface area contributed by atoms with Gasteiger partial charge < -0.3 is 10.2 Å². The van der Waals surface area contributed by atoms with Crippen molar-refractivity contribution < 1.29 is 9.59 Å². The Morgan fingerprint density at radius 2 is 1.81 bits per heavy atom. The minimum absolute atomic E-state index is 0.0205. The SMILES string of the molecule is CC(NC(=O)C(C)(C)C)C(=O)N1CCCN(Cc2ccc(C#N)cc2)CC1. The molecule has 1 unspecified atom stereocenters. The van der Waals surface area contributed by atoms with Crippen LogP contribution in [0, 0.1) is 16.7 Å². The lowest BCUT2D eigenvalue weighted by Gasteiger charge is -2.27. The number of nitrogens with one attached hydrogen (secondary N) is 1. The molecule has 6 heteroatoms. The summed E-state index contributed by atoms with van der Waals surface area (Å²) in [5.41, 5.74) is 1.32. The Hall–Kier alpha value is -2.39. The molecule has 27 heavy (non-hydrogen) atoms. The first-order chi connectivity index (χ1) is 12.7. The fraction of sp³-hybridized carbons (Fsp3) is 0.571. The second-order valence-corrected chi connectivity index (χ2v) is 8.21. The number of amides is 2. The van der Waals surface area contributed by atoms with Crippen molar-refractivity contribution in [3.63, 3.8) is 0 Å². The summed E-state index contributed by atoms with van der Waals surface area (Å²) in [6.07, 6.45) is 0.905. The van der Waals surface area contributed by atoms with Crippen molar-refractivity contribution in [1.82, 2.24) is 15.1 Å². The van der Waals surface area contributed by atoms with Gasteiger partial charge in [0.1, 0.15) is 6.04 Å². The molecular formula is C21H30N4O2. The quantitative estimate of drug-likeness (QED) is 0.881. The minimum Gasteiger partial charge on any atom is -0.344 e. The van der Waals surface area contributed by atoms with Gasteiger partial charge in [0.25, 0.3) is 0 Å². The fourth-order valence-corrected chi connectivity index (χ4v) is 3.04. The third kappa shape index (κ3) is 6.07. The standard InChI is InChI=1S/C21H30N4O2/c1-16(23-20(27)21(2,3)4)19(26)25-11-5-10-24(12-13-25)15-18-8-6-17(14-22)7-9-18/h6-9,16H,5,10-13,15H2,1-4H3,(H,23,27). The van der Waals surface area contributed by atoms with Crippen LogP contribution in [0.3, 0.4) is 0 Å². The van der Waals surface area contributed by atoms with Crippen LogP contribution in [-0.2, 0) is 16.1 Å². The van der Waals surface area contributed by atoms with E-state index in [9.17, 15) is 9.59 Å². The van der Waals surface area contributed by atoms with E-state index in [2.05, 4.69) is 16.3 Å². The zero-order valence-electron chi connectivity index (χ0n) is 16.8. The molecule has 1 saturated heterocycles. The smallest absolute Gasteiger partial charge is 0.244 e. The molecule has 1 aromatic carbocycles. The molecule has 6 nitrogen and oxygen atoms in total. The van der Waals surface area contributed by atoms with Gasteiger partial charge in [-0.3, -0.25) is 14.5 Å². The number of carbonyl (C=O) groups is 2. The van der Waals surface area contributed by atoms with Crippen LogP contribution in [0.5, 0.6) is 0 Å². The Labute approximate surface area is 162 Å². The predicted octanol–water partition coefficient (Wildman–Crippen LogP) is 2.14. The first-order valence-corrected chi connectivity index (χ1v) is 9.52. The Bertz CT molecular complexity index is 700. The molecule has 0 bridgehead atoms. The predicted molar refractivity (Wildman–Crippen MR) is 105 cm³/mol. The molecule has 1 aliphatic heterocycles. The van der Waals surface area contributed by atoms with Crippen molar-refractivity contribution in [3.8, 4) is 6.07 Å². The van der Waals surface area contributed by atoms with Crippen molar-refractivity contribution in [3.05, 3.63) is 35.4 Å². The summed E-state index contributed by atoms with van der Waals surface area (Å²) in [7, 11) is 0. The summed E-state index contributed by atoms with van der Waals surface area (Å²) in [6.45, 7) is 11.2. The van der Waals surface area contributed by atoms with Crippen LogP contribution < -0.4 is 5.32 Å². The first kappa shape index (κ1) is 20.9. The maximum Gasteiger partial charge on any atom is 0.244 e. The molecule has 0 spiro atoms. The van der Waals surface area contributed by atoms with Crippen molar-refractivity contribution >= 4 is 11.8 Å². The lowest BCUT2D eigenvalue weighted by Crippen LogP contribution is -2.50. The summed E-state index contributed by atoms with van der Waals surface area (Å²) in [4.78, 5) is 29.0. The van der Waals surface area contributed by atoms with Gasteiger partial charge in [0.05, 0.1) is 11.6 Å². The van der Waals surface area contributed by atoms with E-state index in [1.165, 1.54) is 5.56 Å². The number of rotatable bonds is 4. The summed E-state index contributed by atoms with van der Waals surface area (Å²) in [6, 6.07) is 9.26. The molecule has 2 rings (SSSR count). The van der Waals surface area contributed by atoms with Crippen LogP contribution in [-0.4, -0.2) is 53.8 Å². The molecular weight excluding hydrogens is 340 g/mol. The Kier molecular flexibility index (Phi) is 6.98. The van der Waals surface area contributed by atoms with Crippen LogP contribution in [0.15, 0.2) is 24.3 Å². The van der Waals surface area contributed by atoms with Gasteiger partial charge >= 0.3 is 0 Å². The van der Waals surface area contributed by atoms with E-state index in [1.54, 1.807) is 6.92 Å². The van der Waals surface area contributed by atoms with Gasteiger partial charge in [0, 0.05) is 38.1 Å². The van der Waals surface area contributed by atoms with Crippen molar-refractivity contribution in [2.75, 3.05) is 26.2 Å². The molecule has 1 heterocycles. The van der Waals surface area contributed by atoms with E-state index >= 15 is 0 Å². The van der Waals surface area contributed by atoms with Crippen molar-refractivity contribution in [2.24, 2.45) is 5.41 Å². The summed E-state index contributed by atoms with van der Waals surface area (Å²) in [5.74, 6) is -0.131. The Morgan fingerprint density at radius 3 is 2.41 bits per heavy atom. The van der Waals surface area contributed by atoms with Crippen molar-refractivity contribution in [1.29, 1.82) is 5.26 Å². The maximum atomic E-state index is 12.7. The monoisotopic (exact) mass is 370 g/mol. The van der Waals surface area contributed by atoms with Gasteiger partial charge in [0.2, 0.25) is 11.8 Å². The third-order valence-electron chi connectivity index (χ3n) is 4.79. The first-order valence-electron chi connectivity index (χ1n) is 9.52. The number of hydrogen-bond acceptors (Lipinski definition) is 4. The summed E-state index contributed by atoms with van der Waals surface area (Å²) in [5, 5.41) is 11.7. The van der Waals surface area contributed by atoms with Crippen molar-refractivity contribution in [2.45, 2.75) is 46.7 Å². The highest BCUT2D eigenvalue weighted by Gasteiger charge is 2.28. The molecule has 2 amide bonds. The lowest BCUT2D eigenvalue weighted by molar-refractivity contribution is -0.138. The Balaban J connectivity index is 1.88. The molecule has 1 N–H and O–H groups in total. The third-order valence-corrected chi connectivity index (χ3v) is 4.79. The zero-order chi connectivity index (χ0) is 20.0. The highest BCUT2D eigenvalue weighted by molar-refractivity contribution is 5.89. The van der Waals surface area contributed by atoms with E-state index in [-0.39, 0.29) is 11.8 Å². The second-order valence-electron chi connectivity index (χ2n) is 8.21. The largest absolute Gasteiger partial charge is 0.344 e. The molecule has 1 aliphatic rings. The van der Waals surface area contributed by atoms with E-state index in [1.807, 2.05) is 49.9 Å². The Morgan fingerprint density at radius 1 is 1.15 bits per heavy atom. The number of nitrogens with zero attached hydrogens (tertiary/aromatic N) is 3. The van der Waals surface area contributed by atoms with Crippen LogP contribution in [0.25, 0.3) is 0 Å². The minimum atomic E-state index is -0.512. The molecule has 0 aliphatic carbocycles. The number of benzene rings is 1. The van der Waals surface area contributed by atoms with Gasteiger partial charge in [-0.15, -0.1) is 0 Å². The van der Waals surface area contributed by atoms with Gasteiger partial charge in [-0.2, -0.15) is 5.26 Å². The molecule has 0 saturated carbocycles. The van der Waals surface area contributed by atoms with E-state index in [0.717, 1.165) is 26.1 Å². The van der Waals surface area contributed by atoms with E-state index < -0.39 is 11.5 Å². The molecule has 1 atom stereocenters. The average Bonchev–Trinajstić information content (AvgIpc) is 2.86. The van der Waals surface area contributed by atoms with Gasteiger partial charge in [-0.05, 0) is 31.0 Å². The molecule has 1 fully saturated rings. The number of carbonyl (C=O) groups excluding carboxylic acids is 2.